The molecule has 0 aliphatic heterocycles. The standard InChI is InChI=1S/C15H28N4O5/c1-8(2)5-10(14(23)17-7-12(21)22)18-15(24)13(9(3)4)19-11(20)6-16/h8-10,13H,5-7,16H2,1-4H3,(H,17,23)(H,18,24)(H,19,20)(H,21,22). The molecule has 6 N–H and O–H groups in total. The van der Waals surface area contributed by atoms with Crippen LogP contribution in [-0.4, -0.2) is 54.0 Å². The second kappa shape index (κ2) is 10.6. The van der Waals surface area contributed by atoms with E-state index in [-0.39, 0.29) is 18.4 Å². The topological polar surface area (TPSA) is 151 Å². The minimum absolute atomic E-state index is 0.0991. The number of aliphatic carboxylic acids is 1. The minimum atomic E-state index is -1.17. The van der Waals surface area contributed by atoms with E-state index in [2.05, 4.69) is 16.0 Å². The Morgan fingerprint density at radius 3 is 2.00 bits per heavy atom. The van der Waals surface area contributed by atoms with Gasteiger partial charge in [-0.15, -0.1) is 0 Å². The van der Waals surface area contributed by atoms with Crippen molar-refractivity contribution in [3.63, 3.8) is 0 Å². The van der Waals surface area contributed by atoms with E-state index >= 15 is 0 Å². The highest BCUT2D eigenvalue weighted by molar-refractivity contribution is 5.93. The first-order valence-electron chi connectivity index (χ1n) is 7.87. The SMILES string of the molecule is CC(C)CC(NC(=O)C(NC(=O)CN)C(C)C)C(=O)NCC(=O)O. The predicted octanol–water partition coefficient (Wildman–Crippen LogP) is -1.18. The maximum absolute atomic E-state index is 12.4. The first-order valence-corrected chi connectivity index (χ1v) is 7.87. The van der Waals surface area contributed by atoms with Crippen molar-refractivity contribution in [1.82, 2.24) is 16.0 Å². The number of hydrogen-bond acceptors (Lipinski definition) is 5. The van der Waals surface area contributed by atoms with Crippen molar-refractivity contribution in [3.8, 4) is 0 Å². The van der Waals surface area contributed by atoms with Gasteiger partial charge in [-0.1, -0.05) is 27.7 Å². The zero-order chi connectivity index (χ0) is 18.9. The molecule has 0 heterocycles. The van der Waals surface area contributed by atoms with Crippen molar-refractivity contribution >= 4 is 23.7 Å². The van der Waals surface area contributed by atoms with Gasteiger partial charge in [-0.25, -0.2) is 0 Å². The second-order valence-electron chi connectivity index (χ2n) is 6.30. The molecule has 0 aliphatic carbocycles. The number of nitrogens with two attached hydrogens (primary N) is 1. The Morgan fingerprint density at radius 1 is 1.00 bits per heavy atom. The summed E-state index contributed by atoms with van der Waals surface area (Å²) >= 11 is 0. The lowest BCUT2D eigenvalue weighted by Crippen LogP contribution is -2.56. The van der Waals surface area contributed by atoms with Gasteiger partial charge in [-0.3, -0.25) is 19.2 Å². The van der Waals surface area contributed by atoms with Gasteiger partial charge in [0.2, 0.25) is 17.7 Å². The van der Waals surface area contributed by atoms with Crippen LogP contribution in [0.4, 0.5) is 0 Å². The summed E-state index contributed by atoms with van der Waals surface area (Å²) < 4.78 is 0. The summed E-state index contributed by atoms with van der Waals surface area (Å²) in [5.41, 5.74) is 5.24. The Balaban J connectivity index is 5.01. The zero-order valence-corrected chi connectivity index (χ0v) is 14.6. The predicted molar refractivity (Wildman–Crippen MR) is 87.9 cm³/mol. The number of nitrogens with one attached hydrogen (secondary N) is 3. The summed E-state index contributed by atoms with van der Waals surface area (Å²) in [4.78, 5) is 46.5. The molecular weight excluding hydrogens is 316 g/mol. The molecule has 0 spiro atoms. The van der Waals surface area contributed by atoms with Gasteiger partial charge in [0.15, 0.2) is 0 Å². The van der Waals surface area contributed by atoms with Gasteiger partial charge in [-0.2, -0.15) is 0 Å². The number of carboxylic acids is 1. The monoisotopic (exact) mass is 344 g/mol. The van der Waals surface area contributed by atoms with Gasteiger partial charge >= 0.3 is 5.97 Å². The fourth-order valence-electron chi connectivity index (χ4n) is 2.02. The molecule has 2 unspecified atom stereocenters. The van der Waals surface area contributed by atoms with E-state index in [0.29, 0.717) is 6.42 Å². The van der Waals surface area contributed by atoms with Gasteiger partial charge in [-0.05, 0) is 18.3 Å². The van der Waals surface area contributed by atoms with Gasteiger partial charge in [0.05, 0.1) is 6.54 Å². The summed E-state index contributed by atoms with van der Waals surface area (Å²) in [6.45, 7) is 6.48. The lowest BCUT2D eigenvalue weighted by Gasteiger charge is -2.25. The third-order valence-corrected chi connectivity index (χ3v) is 3.20. The van der Waals surface area contributed by atoms with Crippen LogP contribution in [0, 0.1) is 11.8 Å². The van der Waals surface area contributed by atoms with Crippen LogP contribution in [-0.2, 0) is 19.2 Å². The number of carboxylic acid groups (broad SMARTS) is 1. The fraction of sp³-hybridized carbons (Fsp3) is 0.733. The largest absolute Gasteiger partial charge is 0.480 e. The van der Waals surface area contributed by atoms with Gasteiger partial charge < -0.3 is 26.8 Å². The number of rotatable bonds is 10. The summed E-state index contributed by atoms with van der Waals surface area (Å²) in [5, 5.41) is 16.0. The molecule has 0 aromatic heterocycles. The van der Waals surface area contributed by atoms with Gasteiger partial charge in [0, 0.05) is 0 Å². The molecule has 0 radical (unpaired) electrons. The minimum Gasteiger partial charge on any atom is -0.480 e. The van der Waals surface area contributed by atoms with Crippen molar-refractivity contribution < 1.29 is 24.3 Å². The van der Waals surface area contributed by atoms with E-state index in [1.54, 1.807) is 13.8 Å². The van der Waals surface area contributed by atoms with Gasteiger partial charge in [0.1, 0.15) is 18.6 Å². The summed E-state index contributed by atoms with van der Waals surface area (Å²) in [6, 6.07) is -1.71. The molecule has 0 rings (SSSR count). The van der Waals surface area contributed by atoms with Gasteiger partial charge in [0.25, 0.3) is 0 Å². The molecule has 3 amide bonds. The average Bonchev–Trinajstić information content (AvgIpc) is 2.48. The molecule has 0 aromatic carbocycles. The molecule has 9 heteroatoms. The molecule has 0 saturated heterocycles. The van der Waals surface area contributed by atoms with E-state index in [1.807, 2.05) is 13.8 Å². The first kappa shape index (κ1) is 21.8. The highest BCUT2D eigenvalue weighted by Crippen LogP contribution is 2.08. The average molecular weight is 344 g/mol. The lowest BCUT2D eigenvalue weighted by molar-refractivity contribution is -0.138. The summed E-state index contributed by atoms with van der Waals surface area (Å²) in [7, 11) is 0. The molecule has 138 valence electrons. The van der Waals surface area contributed by atoms with Crippen LogP contribution in [0.3, 0.4) is 0 Å². The normalized spacial score (nSPS) is 13.3. The molecule has 0 aliphatic rings. The Labute approximate surface area is 141 Å². The van der Waals surface area contributed by atoms with Crippen LogP contribution in [0.15, 0.2) is 0 Å². The molecule has 0 fully saturated rings. The van der Waals surface area contributed by atoms with Crippen LogP contribution in [0.5, 0.6) is 0 Å². The number of carbonyl (C=O) groups excluding carboxylic acids is 3. The van der Waals surface area contributed by atoms with E-state index in [4.69, 9.17) is 10.8 Å². The molecule has 9 nitrogen and oxygen atoms in total. The third-order valence-electron chi connectivity index (χ3n) is 3.20. The molecular formula is C15H28N4O5. The zero-order valence-electron chi connectivity index (χ0n) is 14.6. The van der Waals surface area contributed by atoms with Crippen LogP contribution in [0.25, 0.3) is 0 Å². The van der Waals surface area contributed by atoms with Crippen molar-refractivity contribution in [3.05, 3.63) is 0 Å². The number of carbonyl (C=O) groups is 4. The van der Waals surface area contributed by atoms with Crippen molar-refractivity contribution in [2.24, 2.45) is 17.6 Å². The molecule has 2 atom stereocenters. The quantitative estimate of drug-likeness (QED) is 0.336. The van der Waals surface area contributed by atoms with E-state index < -0.39 is 42.3 Å². The number of amides is 3. The molecule has 0 saturated carbocycles. The molecule has 0 bridgehead atoms. The highest BCUT2D eigenvalue weighted by Gasteiger charge is 2.29. The highest BCUT2D eigenvalue weighted by atomic mass is 16.4. The smallest absolute Gasteiger partial charge is 0.322 e. The first-order chi connectivity index (χ1) is 11.1. The maximum atomic E-state index is 12.4. The van der Waals surface area contributed by atoms with Crippen molar-refractivity contribution in [1.29, 1.82) is 0 Å². The molecule has 0 aromatic rings. The Hall–Kier alpha value is -2.16. The Bertz CT molecular complexity index is 465. The number of hydrogen-bond donors (Lipinski definition) is 5. The fourth-order valence-corrected chi connectivity index (χ4v) is 2.02. The second-order valence-corrected chi connectivity index (χ2v) is 6.30. The summed E-state index contributed by atoms with van der Waals surface area (Å²) in [6.07, 6.45) is 0.340. The van der Waals surface area contributed by atoms with E-state index in [9.17, 15) is 19.2 Å². The third kappa shape index (κ3) is 8.47. The summed E-state index contributed by atoms with van der Waals surface area (Å²) in [5.74, 6) is -2.84. The van der Waals surface area contributed by atoms with Crippen molar-refractivity contribution in [2.75, 3.05) is 13.1 Å². The van der Waals surface area contributed by atoms with Crippen LogP contribution in [0.1, 0.15) is 34.1 Å². The maximum Gasteiger partial charge on any atom is 0.322 e. The van der Waals surface area contributed by atoms with Crippen LogP contribution >= 0.6 is 0 Å². The van der Waals surface area contributed by atoms with Crippen LogP contribution < -0.4 is 21.7 Å². The van der Waals surface area contributed by atoms with E-state index in [1.165, 1.54) is 0 Å². The lowest BCUT2D eigenvalue weighted by atomic mass is 10.00. The van der Waals surface area contributed by atoms with E-state index in [0.717, 1.165) is 0 Å². The van der Waals surface area contributed by atoms with Crippen LogP contribution in [0.2, 0.25) is 0 Å². The van der Waals surface area contributed by atoms with Crippen molar-refractivity contribution in [2.45, 2.75) is 46.2 Å². The Morgan fingerprint density at radius 2 is 1.58 bits per heavy atom. The Kier molecular flexibility index (Phi) is 9.63. The molecule has 24 heavy (non-hydrogen) atoms.